The van der Waals surface area contributed by atoms with E-state index in [2.05, 4.69) is 6.58 Å². The Labute approximate surface area is 108 Å². The monoisotopic (exact) mass is 248 g/mol. The van der Waals surface area contributed by atoms with Crippen LogP contribution < -0.4 is 4.74 Å². The highest BCUT2D eigenvalue weighted by atomic mass is 16.6. The summed E-state index contributed by atoms with van der Waals surface area (Å²) in [7, 11) is 0. The van der Waals surface area contributed by atoms with Gasteiger partial charge in [-0.2, -0.15) is 0 Å². The summed E-state index contributed by atoms with van der Waals surface area (Å²) in [5.74, 6) is 0.341. The first-order valence-electron chi connectivity index (χ1n) is 5.94. The van der Waals surface area contributed by atoms with E-state index in [0.29, 0.717) is 0 Å². The van der Waals surface area contributed by atoms with Crippen LogP contribution in [0.4, 0.5) is 0 Å². The van der Waals surface area contributed by atoms with Crippen molar-refractivity contribution in [1.82, 2.24) is 0 Å². The fourth-order valence-electron chi connectivity index (χ4n) is 1.34. The van der Waals surface area contributed by atoms with Crippen LogP contribution in [0.2, 0.25) is 0 Å². The summed E-state index contributed by atoms with van der Waals surface area (Å²) >= 11 is 0. The molecule has 0 aliphatic rings. The molecule has 0 aromatic heterocycles. The van der Waals surface area contributed by atoms with Gasteiger partial charge in [-0.25, -0.2) is 4.79 Å². The largest absolute Gasteiger partial charge is 0.486 e. The molecule has 0 saturated carbocycles. The number of benzene rings is 1. The number of hydrogen-bond donors (Lipinski definition) is 0. The minimum atomic E-state index is -0.430. The van der Waals surface area contributed by atoms with E-state index in [1.54, 1.807) is 0 Å². The molecule has 1 unspecified atom stereocenters. The zero-order valence-corrected chi connectivity index (χ0v) is 11.2. The van der Waals surface area contributed by atoms with E-state index in [0.717, 1.165) is 11.8 Å². The summed E-state index contributed by atoms with van der Waals surface area (Å²) in [5.41, 5.74) is -0.128. The fraction of sp³-hybridized carbons (Fsp3) is 0.400. The maximum Gasteiger partial charge on any atom is 0.330 e. The van der Waals surface area contributed by atoms with Gasteiger partial charge in [0.15, 0.2) is 0 Å². The highest BCUT2D eigenvalue weighted by Crippen LogP contribution is 2.25. The van der Waals surface area contributed by atoms with Crippen molar-refractivity contribution in [1.29, 1.82) is 0 Å². The van der Waals surface area contributed by atoms with Gasteiger partial charge in [0, 0.05) is 11.5 Å². The predicted octanol–water partition coefficient (Wildman–Crippen LogP) is 3.21. The molecule has 0 radical (unpaired) electrons. The number of esters is 1. The highest BCUT2D eigenvalue weighted by molar-refractivity contribution is 5.81. The minimum Gasteiger partial charge on any atom is -0.486 e. The lowest BCUT2D eigenvalue weighted by molar-refractivity contribution is -0.141. The summed E-state index contributed by atoms with van der Waals surface area (Å²) in [6, 6.07) is 9.51. The van der Waals surface area contributed by atoms with Crippen LogP contribution in [0.3, 0.4) is 0 Å². The van der Waals surface area contributed by atoms with Crippen molar-refractivity contribution in [2.45, 2.75) is 26.9 Å². The van der Waals surface area contributed by atoms with Crippen LogP contribution in [0, 0.1) is 5.41 Å². The third-order valence-electron chi connectivity index (χ3n) is 2.53. The molecule has 0 N–H and O–H groups in total. The van der Waals surface area contributed by atoms with Crippen molar-refractivity contribution in [3.63, 3.8) is 0 Å². The maximum absolute atomic E-state index is 11.1. The van der Waals surface area contributed by atoms with Gasteiger partial charge < -0.3 is 9.47 Å². The number of carbonyl (C=O) groups is 1. The second-order valence-electron chi connectivity index (χ2n) is 5.12. The van der Waals surface area contributed by atoms with Crippen LogP contribution >= 0.6 is 0 Å². The standard InChI is InChI=1S/C15H20O3/c1-5-14(16)17-11-13(15(2,3)4)18-12-9-7-6-8-10-12/h5-10,13H,1,11H2,2-4H3. The minimum absolute atomic E-state index is 0.128. The number of carbonyl (C=O) groups excluding carboxylic acids is 1. The third kappa shape index (κ3) is 4.62. The van der Waals surface area contributed by atoms with E-state index < -0.39 is 5.97 Å². The molecule has 0 aliphatic carbocycles. The van der Waals surface area contributed by atoms with Crippen LogP contribution in [0.5, 0.6) is 5.75 Å². The maximum atomic E-state index is 11.1. The average Bonchev–Trinajstić information content (AvgIpc) is 2.33. The predicted molar refractivity (Wildman–Crippen MR) is 71.5 cm³/mol. The number of para-hydroxylation sites is 1. The lowest BCUT2D eigenvalue weighted by Crippen LogP contribution is -2.37. The molecule has 3 nitrogen and oxygen atoms in total. The molecule has 0 spiro atoms. The van der Waals surface area contributed by atoms with Crippen LogP contribution in [-0.4, -0.2) is 18.7 Å². The summed E-state index contributed by atoms with van der Waals surface area (Å²) < 4.78 is 10.9. The van der Waals surface area contributed by atoms with Gasteiger partial charge >= 0.3 is 5.97 Å². The molecule has 0 amide bonds. The van der Waals surface area contributed by atoms with Crippen molar-refractivity contribution in [3.05, 3.63) is 43.0 Å². The second kappa shape index (κ2) is 6.24. The van der Waals surface area contributed by atoms with Gasteiger partial charge in [-0.15, -0.1) is 0 Å². The first-order chi connectivity index (χ1) is 8.43. The average molecular weight is 248 g/mol. The van der Waals surface area contributed by atoms with E-state index in [4.69, 9.17) is 9.47 Å². The molecule has 0 aliphatic heterocycles. The molecule has 98 valence electrons. The van der Waals surface area contributed by atoms with Crippen molar-refractivity contribution in [2.24, 2.45) is 5.41 Å². The normalized spacial score (nSPS) is 12.6. The molecule has 3 heteroatoms. The SMILES string of the molecule is C=CC(=O)OCC(Oc1ccccc1)C(C)(C)C. The number of hydrogen-bond acceptors (Lipinski definition) is 3. The molecule has 0 saturated heterocycles. The van der Waals surface area contributed by atoms with Gasteiger partial charge in [0.2, 0.25) is 0 Å². The Hall–Kier alpha value is -1.77. The molecule has 1 atom stereocenters. The van der Waals surface area contributed by atoms with Gasteiger partial charge in [-0.05, 0) is 12.1 Å². The lowest BCUT2D eigenvalue weighted by Gasteiger charge is -2.30. The molecular weight excluding hydrogens is 228 g/mol. The van der Waals surface area contributed by atoms with Crippen molar-refractivity contribution in [2.75, 3.05) is 6.61 Å². The van der Waals surface area contributed by atoms with Crippen LogP contribution in [-0.2, 0) is 9.53 Å². The smallest absolute Gasteiger partial charge is 0.330 e. The Bertz CT molecular complexity index is 390. The Kier molecular flexibility index (Phi) is 4.95. The molecule has 1 aromatic rings. The molecule has 0 fully saturated rings. The Morgan fingerprint density at radius 2 is 1.94 bits per heavy atom. The number of rotatable bonds is 5. The van der Waals surface area contributed by atoms with Crippen molar-refractivity contribution in [3.8, 4) is 5.75 Å². The molecule has 0 heterocycles. The van der Waals surface area contributed by atoms with E-state index in [9.17, 15) is 4.79 Å². The highest BCUT2D eigenvalue weighted by Gasteiger charge is 2.27. The van der Waals surface area contributed by atoms with E-state index in [1.807, 2.05) is 51.1 Å². The Balaban J connectivity index is 2.68. The zero-order chi connectivity index (χ0) is 13.6. The lowest BCUT2D eigenvalue weighted by atomic mass is 9.89. The van der Waals surface area contributed by atoms with Gasteiger partial charge in [0.1, 0.15) is 18.5 Å². The van der Waals surface area contributed by atoms with Gasteiger partial charge in [0.05, 0.1) is 0 Å². The summed E-state index contributed by atoms with van der Waals surface area (Å²) in [4.78, 5) is 11.1. The van der Waals surface area contributed by atoms with Gasteiger partial charge in [-0.3, -0.25) is 0 Å². The molecular formula is C15H20O3. The summed E-state index contributed by atoms with van der Waals surface area (Å²) in [6.45, 7) is 9.71. The quantitative estimate of drug-likeness (QED) is 0.593. The number of ether oxygens (including phenoxy) is 2. The van der Waals surface area contributed by atoms with Crippen molar-refractivity contribution < 1.29 is 14.3 Å². The van der Waals surface area contributed by atoms with Gasteiger partial charge in [0.25, 0.3) is 0 Å². The van der Waals surface area contributed by atoms with Crippen molar-refractivity contribution >= 4 is 5.97 Å². The second-order valence-corrected chi connectivity index (χ2v) is 5.12. The Morgan fingerprint density at radius 1 is 1.33 bits per heavy atom. The zero-order valence-electron chi connectivity index (χ0n) is 11.2. The topological polar surface area (TPSA) is 35.5 Å². The van der Waals surface area contributed by atoms with Crippen LogP contribution in [0.15, 0.2) is 43.0 Å². The van der Waals surface area contributed by atoms with E-state index >= 15 is 0 Å². The molecule has 0 bridgehead atoms. The first-order valence-corrected chi connectivity index (χ1v) is 5.94. The third-order valence-corrected chi connectivity index (χ3v) is 2.53. The molecule has 1 aromatic carbocycles. The van der Waals surface area contributed by atoms with E-state index in [-0.39, 0.29) is 18.1 Å². The Morgan fingerprint density at radius 3 is 2.44 bits per heavy atom. The fourth-order valence-corrected chi connectivity index (χ4v) is 1.34. The summed E-state index contributed by atoms with van der Waals surface area (Å²) in [5, 5.41) is 0. The first kappa shape index (κ1) is 14.3. The van der Waals surface area contributed by atoms with Crippen LogP contribution in [0.25, 0.3) is 0 Å². The van der Waals surface area contributed by atoms with Crippen LogP contribution in [0.1, 0.15) is 20.8 Å². The van der Waals surface area contributed by atoms with Gasteiger partial charge in [-0.1, -0.05) is 45.5 Å². The summed E-state index contributed by atoms with van der Waals surface area (Å²) in [6.07, 6.45) is 0.950. The van der Waals surface area contributed by atoms with E-state index in [1.165, 1.54) is 0 Å². The molecule has 18 heavy (non-hydrogen) atoms. The molecule has 1 rings (SSSR count).